The minimum absolute atomic E-state index is 0.157. The van der Waals surface area contributed by atoms with Crippen molar-refractivity contribution in [2.45, 2.75) is 31.2 Å². The van der Waals surface area contributed by atoms with Crippen LogP contribution in [0, 0.1) is 10.1 Å². The van der Waals surface area contributed by atoms with Crippen LogP contribution in [0.25, 0.3) is 0 Å². The molecule has 1 aromatic carbocycles. The van der Waals surface area contributed by atoms with E-state index in [4.69, 9.17) is 4.74 Å². The number of hydrogen-bond donors (Lipinski definition) is 1. The second-order valence-electron chi connectivity index (χ2n) is 4.54. The number of non-ortho nitro benzene ring substituents is 1. The zero-order valence-electron chi connectivity index (χ0n) is 10.4. The first-order valence-corrected chi connectivity index (χ1v) is 6.09. The van der Waals surface area contributed by atoms with Crippen LogP contribution in [-0.4, -0.2) is 29.8 Å². The van der Waals surface area contributed by atoms with E-state index in [0.717, 1.165) is 6.07 Å². The van der Waals surface area contributed by atoms with Crippen LogP contribution in [0.5, 0.6) is 5.75 Å². The molecular formula is C12H13F3N2O3. The lowest BCUT2D eigenvalue weighted by Gasteiger charge is -2.26. The number of hydrogen-bond acceptors (Lipinski definition) is 4. The highest BCUT2D eigenvalue weighted by atomic mass is 19.4. The SMILES string of the molecule is O=[N+]([O-])c1cccc(O[C@@H](C2CCCN2)C(F)(F)F)c1. The van der Waals surface area contributed by atoms with Gasteiger partial charge in [-0.2, -0.15) is 13.2 Å². The molecule has 8 heteroatoms. The fourth-order valence-electron chi connectivity index (χ4n) is 2.16. The second-order valence-corrected chi connectivity index (χ2v) is 4.54. The van der Waals surface area contributed by atoms with E-state index < -0.39 is 23.2 Å². The van der Waals surface area contributed by atoms with Crippen LogP contribution >= 0.6 is 0 Å². The molecular weight excluding hydrogens is 277 g/mol. The third-order valence-electron chi connectivity index (χ3n) is 3.08. The van der Waals surface area contributed by atoms with E-state index in [1.54, 1.807) is 0 Å². The molecule has 0 saturated carbocycles. The molecule has 1 aliphatic heterocycles. The van der Waals surface area contributed by atoms with E-state index >= 15 is 0 Å². The Bertz CT molecular complexity index is 487. The number of alkyl halides is 3. The number of ether oxygens (including phenoxy) is 1. The summed E-state index contributed by atoms with van der Waals surface area (Å²) in [6, 6.07) is 3.94. The largest absolute Gasteiger partial charge is 0.479 e. The van der Waals surface area contributed by atoms with Gasteiger partial charge < -0.3 is 10.1 Å². The topological polar surface area (TPSA) is 64.4 Å². The van der Waals surface area contributed by atoms with Crippen LogP contribution < -0.4 is 10.1 Å². The van der Waals surface area contributed by atoms with Gasteiger partial charge in [0.2, 0.25) is 6.10 Å². The molecule has 2 rings (SSSR count). The van der Waals surface area contributed by atoms with Gasteiger partial charge in [-0.3, -0.25) is 10.1 Å². The molecule has 0 bridgehead atoms. The lowest BCUT2D eigenvalue weighted by atomic mass is 10.1. The Hall–Kier alpha value is -1.83. The zero-order chi connectivity index (χ0) is 14.8. The van der Waals surface area contributed by atoms with Crippen molar-refractivity contribution in [1.29, 1.82) is 0 Å². The third kappa shape index (κ3) is 3.38. The zero-order valence-corrected chi connectivity index (χ0v) is 10.4. The molecule has 0 radical (unpaired) electrons. The van der Waals surface area contributed by atoms with Crippen molar-refractivity contribution >= 4 is 5.69 Å². The molecule has 0 aromatic heterocycles. The maximum Gasteiger partial charge on any atom is 0.426 e. The number of benzene rings is 1. The Labute approximate surface area is 112 Å². The fraction of sp³-hybridized carbons (Fsp3) is 0.500. The van der Waals surface area contributed by atoms with Crippen LogP contribution in [0.1, 0.15) is 12.8 Å². The first kappa shape index (κ1) is 14.6. The Balaban J connectivity index is 2.19. The van der Waals surface area contributed by atoms with Crippen LogP contribution in [0.4, 0.5) is 18.9 Å². The molecule has 1 saturated heterocycles. The summed E-state index contributed by atoms with van der Waals surface area (Å²) >= 11 is 0. The molecule has 1 aliphatic rings. The summed E-state index contributed by atoms with van der Waals surface area (Å²) in [5, 5.41) is 13.3. The highest BCUT2D eigenvalue weighted by Crippen LogP contribution is 2.31. The highest BCUT2D eigenvalue weighted by molar-refractivity contribution is 5.38. The summed E-state index contributed by atoms with van der Waals surface area (Å²) in [5.74, 6) is -0.157. The Morgan fingerprint density at radius 3 is 2.75 bits per heavy atom. The van der Waals surface area contributed by atoms with Crippen LogP contribution in [0.3, 0.4) is 0 Å². The van der Waals surface area contributed by atoms with Crippen molar-refractivity contribution in [3.8, 4) is 5.75 Å². The number of nitrogens with one attached hydrogen (secondary N) is 1. The van der Waals surface area contributed by atoms with Crippen LogP contribution in [0.2, 0.25) is 0 Å². The van der Waals surface area contributed by atoms with Crippen LogP contribution in [-0.2, 0) is 0 Å². The molecule has 1 N–H and O–H groups in total. The molecule has 5 nitrogen and oxygen atoms in total. The lowest BCUT2D eigenvalue weighted by molar-refractivity contribution is -0.385. The van der Waals surface area contributed by atoms with E-state index in [9.17, 15) is 23.3 Å². The van der Waals surface area contributed by atoms with Crippen molar-refractivity contribution < 1.29 is 22.8 Å². The van der Waals surface area contributed by atoms with Gasteiger partial charge in [0.1, 0.15) is 5.75 Å². The van der Waals surface area contributed by atoms with Gasteiger partial charge in [0.15, 0.2) is 0 Å². The molecule has 0 aliphatic carbocycles. The van der Waals surface area contributed by atoms with Gasteiger partial charge in [-0.05, 0) is 25.5 Å². The molecule has 0 spiro atoms. The van der Waals surface area contributed by atoms with Crippen molar-refractivity contribution in [1.82, 2.24) is 5.32 Å². The third-order valence-corrected chi connectivity index (χ3v) is 3.08. The van der Waals surface area contributed by atoms with Gasteiger partial charge >= 0.3 is 6.18 Å². The first-order chi connectivity index (χ1) is 9.38. The van der Waals surface area contributed by atoms with Crippen molar-refractivity contribution in [3.63, 3.8) is 0 Å². The minimum Gasteiger partial charge on any atom is -0.479 e. The van der Waals surface area contributed by atoms with Crippen LogP contribution in [0.15, 0.2) is 24.3 Å². The van der Waals surface area contributed by atoms with E-state index in [1.165, 1.54) is 18.2 Å². The summed E-state index contributed by atoms with van der Waals surface area (Å²) in [6.45, 7) is 0.509. The molecule has 110 valence electrons. The van der Waals surface area contributed by atoms with Gasteiger partial charge in [-0.15, -0.1) is 0 Å². The minimum atomic E-state index is -4.54. The molecule has 1 fully saturated rings. The number of rotatable bonds is 4. The average molecular weight is 290 g/mol. The molecule has 1 unspecified atom stereocenters. The van der Waals surface area contributed by atoms with Crippen molar-refractivity contribution in [3.05, 3.63) is 34.4 Å². The number of halogens is 3. The van der Waals surface area contributed by atoms with Gasteiger partial charge in [0.25, 0.3) is 5.69 Å². The standard InChI is InChI=1S/C12H13F3N2O3/c13-12(14,15)11(10-5-2-6-16-10)20-9-4-1-3-8(7-9)17(18)19/h1,3-4,7,10-11,16H,2,5-6H2/t10?,11-/m0/s1. The normalized spacial score (nSPS) is 20.6. The maximum atomic E-state index is 13.0. The Morgan fingerprint density at radius 2 is 2.20 bits per heavy atom. The highest BCUT2D eigenvalue weighted by Gasteiger charge is 2.47. The number of nitro benzene ring substituents is 1. The predicted octanol–water partition coefficient (Wildman–Crippen LogP) is 2.66. The van der Waals surface area contributed by atoms with Gasteiger partial charge in [-0.1, -0.05) is 6.07 Å². The van der Waals surface area contributed by atoms with E-state index in [1.807, 2.05) is 0 Å². The van der Waals surface area contributed by atoms with Crippen molar-refractivity contribution in [2.24, 2.45) is 0 Å². The molecule has 2 atom stereocenters. The molecule has 20 heavy (non-hydrogen) atoms. The van der Waals surface area contributed by atoms with E-state index in [-0.39, 0.29) is 11.4 Å². The summed E-state index contributed by atoms with van der Waals surface area (Å²) in [4.78, 5) is 9.93. The predicted molar refractivity (Wildman–Crippen MR) is 64.6 cm³/mol. The van der Waals surface area contributed by atoms with Gasteiger partial charge in [-0.25, -0.2) is 0 Å². The lowest BCUT2D eigenvalue weighted by Crippen LogP contribution is -2.48. The second kappa shape index (κ2) is 5.66. The first-order valence-electron chi connectivity index (χ1n) is 6.09. The molecule has 1 aromatic rings. The molecule has 1 heterocycles. The van der Waals surface area contributed by atoms with E-state index in [2.05, 4.69) is 5.32 Å². The monoisotopic (exact) mass is 290 g/mol. The summed E-state index contributed by atoms with van der Waals surface area (Å²) < 4.78 is 44.0. The smallest absolute Gasteiger partial charge is 0.426 e. The molecule has 0 amide bonds. The number of nitrogens with zero attached hydrogens (tertiary/aromatic N) is 1. The summed E-state index contributed by atoms with van der Waals surface area (Å²) in [7, 11) is 0. The Morgan fingerprint density at radius 1 is 1.45 bits per heavy atom. The maximum absolute atomic E-state index is 13.0. The fourth-order valence-corrected chi connectivity index (χ4v) is 2.16. The van der Waals surface area contributed by atoms with E-state index in [0.29, 0.717) is 19.4 Å². The van der Waals surface area contributed by atoms with Gasteiger partial charge in [0, 0.05) is 6.07 Å². The quantitative estimate of drug-likeness (QED) is 0.684. The van der Waals surface area contributed by atoms with Gasteiger partial charge in [0.05, 0.1) is 17.0 Å². The average Bonchev–Trinajstić information content (AvgIpc) is 2.88. The number of nitro groups is 1. The van der Waals surface area contributed by atoms with Crippen molar-refractivity contribution in [2.75, 3.05) is 6.54 Å². The Kier molecular flexibility index (Phi) is 4.12. The summed E-state index contributed by atoms with van der Waals surface area (Å²) in [5.41, 5.74) is -0.303. The summed E-state index contributed by atoms with van der Waals surface area (Å²) in [6.07, 6.45) is -5.53.